The van der Waals surface area contributed by atoms with Crippen LogP contribution >= 0.6 is 0 Å². The van der Waals surface area contributed by atoms with Gasteiger partial charge in [-0.2, -0.15) is 0 Å². The number of hydrogen-bond acceptors (Lipinski definition) is 3. The minimum Gasteiger partial charge on any atom is -0.373 e. The van der Waals surface area contributed by atoms with Gasteiger partial charge in [0.25, 0.3) is 0 Å². The predicted octanol–water partition coefficient (Wildman–Crippen LogP) is 1.08. The van der Waals surface area contributed by atoms with E-state index in [2.05, 4.69) is 32.6 Å². The Labute approximate surface area is 87.6 Å². The molecule has 14 heavy (non-hydrogen) atoms. The zero-order valence-corrected chi connectivity index (χ0v) is 9.92. The van der Waals surface area contributed by atoms with E-state index in [-0.39, 0.29) is 5.60 Å². The van der Waals surface area contributed by atoms with Crippen LogP contribution in [0.4, 0.5) is 0 Å². The van der Waals surface area contributed by atoms with Gasteiger partial charge in [-0.05, 0) is 19.8 Å². The van der Waals surface area contributed by atoms with Crippen molar-refractivity contribution in [1.82, 2.24) is 4.90 Å². The fraction of sp³-hybridized carbons (Fsp3) is 1.00. The van der Waals surface area contributed by atoms with E-state index in [1.54, 1.807) is 0 Å². The molecule has 0 saturated carbocycles. The maximum absolute atomic E-state index is 5.81. The van der Waals surface area contributed by atoms with Crippen molar-refractivity contribution in [2.75, 3.05) is 26.2 Å². The van der Waals surface area contributed by atoms with Crippen LogP contribution in [-0.4, -0.2) is 42.8 Å². The lowest BCUT2D eigenvalue weighted by Gasteiger charge is -2.43. The van der Waals surface area contributed by atoms with Gasteiger partial charge in [0, 0.05) is 25.7 Å². The third kappa shape index (κ3) is 2.94. The molecule has 0 amide bonds. The summed E-state index contributed by atoms with van der Waals surface area (Å²) in [6, 6.07) is 0.498. The van der Waals surface area contributed by atoms with Crippen LogP contribution in [0.1, 0.15) is 27.7 Å². The summed E-state index contributed by atoms with van der Waals surface area (Å²) in [5, 5.41) is 0. The highest BCUT2D eigenvalue weighted by Gasteiger charge is 2.31. The molecule has 1 rings (SSSR count). The molecule has 0 radical (unpaired) electrons. The van der Waals surface area contributed by atoms with Crippen LogP contribution in [0.2, 0.25) is 0 Å². The fourth-order valence-corrected chi connectivity index (χ4v) is 2.18. The van der Waals surface area contributed by atoms with Crippen LogP contribution in [-0.2, 0) is 4.74 Å². The highest BCUT2D eigenvalue weighted by Crippen LogP contribution is 2.20. The van der Waals surface area contributed by atoms with Gasteiger partial charge in [0.05, 0.1) is 12.2 Å². The Hall–Kier alpha value is -0.120. The van der Waals surface area contributed by atoms with E-state index in [1.165, 1.54) is 0 Å². The third-order valence-electron chi connectivity index (χ3n) is 2.94. The Kier molecular flexibility index (Phi) is 3.93. The van der Waals surface area contributed by atoms with Crippen LogP contribution in [0.25, 0.3) is 0 Å². The summed E-state index contributed by atoms with van der Waals surface area (Å²) in [6.45, 7) is 12.3. The molecule has 3 nitrogen and oxygen atoms in total. The second kappa shape index (κ2) is 4.60. The molecule has 1 heterocycles. The molecule has 2 N–H and O–H groups in total. The van der Waals surface area contributed by atoms with Gasteiger partial charge in [-0.25, -0.2) is 0 Å². The first kappa shape index (κ1) is 12.0. The van der Waals surface area contributed by atoms with Crippen LogP contribution < -0.4 is 5.73 Å². The zero-order valence-electron chi connectivity index (χ0n) is 9.92. The highest BCUT2D eigenvalue weighted by molar-refractivity contribution is 4.85. The van der Waals surface area contributed by atoms with Crippen molar-refractivity contribution < 1.29 is 4.74 Å². The quantitative estimate of drug-likeness (QED) is 0.741. The lowest BCUT2D eigenvalue weighted by molar-refractivity contribution is -0.100. The second-order valence-electron chi connectivity index (χ2n) is 5.13. The highest BCUT2D eigenvalue weighted by atomic mass is 16.5. The summed E-state index contributed by atoms with van der Waals surface area (Å²) in [7, 11) is 0. The smallest absolute Gasteiger partial charge is 0.0753 e. The molecule has 1 atom stereocenters. The molecule has 0 aromatic rings. The number of nitrogens with zero attached hydrogens (tertiary/aromatic N) is 1. The van der Waals surface area contributed by atoms with Crippen LogP contribution in [0, 0.1) is 5.92 Å². The van der Waals surface area contributed by atoms with E-state index >= 15 is 0 Å². The summed E-state index contributed by atoms with van der Waals surface area (Å²) >= 11 is 0. The van der Waals surface area contributed by atoms with Gasteiger partial charge in [-0.1, -0.05) is 13.8 Å². The zero-order chi connectivity index (χ0) is 10.8. The number of hydrogen-bond donors (Lipinski definition) is 1. The number of nitrogens with two attached hydrogens (primary N) is 1. The van der Waals surface area contributed by atoms with Crippen molar-refractivity contribution in [3.8, 4) is 0 Å². The second-order valence-corrected chi connectivity index (χ2v) is 5.13. The van der Waals surface area contributed by atoms with Gasteiger partial charge in [0.2, 0.25) is 0 Å². The van der Waals surface area contributed by atoms with Crippen molar-refractivity contribution in [2.24, 2.45) is 11.7 Å². The number of rotatable bonds is 3. The summed E-state index contributed by atoms with van der Waals surface area (Å²) < 4.78 is 5.69. The number of ether oxygens (including phenoxy) is 1. The van der Waals surface area contributed by atoms with Gasteiger partial charge in [-0.15, -0.1) is 0 Å². The lowest BCUT2D eigenvalue weighted by atomic mass is 9.99. The van der Waals surface area contributed by atoms with E-state index < -0.39 is 0 Å². The Morgan fingerprint density at radius 2 is 2.07 bits per heavy atom. The summed E-state index contributed by atoms with van der Waals surface area (Å²) in [5.41, 5.74) is 5.80. The largest absolute Gasteiger partial charge is 0.373 e. The third-order valence-corrected chi connectivity index (χ3v) is 2.94. The average Bonchev–Trinajstić information content (AvgIpc) is 2.02. The molecule has 0 aromatic carbocycles. The van der Waals surface area contributed by atoms with E-state index in [0.29, 0.717) is 12.0 Å². The van der Waals surface area contributed by atoms with Gasteiger partial charge < -0.3 is 10.5 Å². The monoisotopic (exact) mass is 200 g/mol. The van der Waals surface area contributed by atoms with Crippen LogP contribution in [0.5, 0.6) is 0 Å². The molecule has 1 aliphatic heterocycles. The van der Waals surface area contributed by atoms with Crippen LogP contribution in [0.15, 0.2) is 0 Å². The van der Waals surface area contributed by atoms with Gasteiger partial charge in [-0.3, -0.25) is 4.90 Å². The molecular weight excluding hydrogens is 176 g/mol. The van der Waals surface area contributed by atoms with E-state index in [9.17, 15) is 0 Å². The van der Waals surface area contributed by atoms with E-state index in [1.807, 2.05) is 0 Å². The summed E-state index contributed by atoms with van der Waals surface area (Å²) in [6.07, 6.45) is 0. The first-order valence-corrected chi connectivity index (χ1v) is 5.54. The molecule has 84 valence electrons. The van der Waals surface area contributed by atoms with Gasteiger partial charge in [0.15, 0.2) is 0 Å². The molecule has 0 aliphatic carbocycles. The first-order chi connectivity index (χ1) is 6.46. The fourth-order valence-electron chi connectivity index (χ4n) is 2.18. The predicted molar refractivity (Wildman–Crippen MR) is 59.3 cm³/mol. The molecule has 1 unspecified atom stereocenters. The van der Waals surface area contributed by atoms with Crippen LogP contribution in [0.3, 0.4) is 0 Å². The first-order valence-electron chi connectivity index (χ1n) is 5.54. The topological polar surface area (TPSA) is 38.5 Å². The molecule has 0 bridgehead atoms. The lowest BCUT2D eigenvalue weighted by Crippen LogP contribution is -2.55. The Balaban J connectivity index is 2.58. The Bertz CT molecular complexity index is 180. The minimum atomic E-state index is -0.0133. The maximum Gasteiger partial charge on any atom is 0.0753 e. The Morgan fingerprint density at radius 3 is 2.50 bits per heavy atom. The summed E-state index contributed by atoms with van der Waals surface area (Å²) in [4.78, 5) is 2.47. The van der Waals surface area contributed by atoms with E-state index in [4.69, 9.17) is 10.5 Å². The molecule has 1 aliphatic rings. The van der Waals surface area contributed by atoms with Crippen molar-refractivity contribution >= 4 is 0 Å². The van der Waals surface area contributed by atoms with Gasteiger partial charge in [0.1, 0.15) is 0 Å². The normalized spacial score (nSPS) is 25.3. The van der Waals surface area contributed by atoms with Crippen molar-refractivity contribution in [1.29, 1.82) is 0 Å². The van der Waals surface area contributed by atoms with Crippen molar-refractivity contribution in [3.63, 3.8) is 0 Å². The summed E-state index contributed by atoms with van der Waals surface area (Å²) in [5.74, 6) is 0.619. The average molecular weight is 200 g/mol. The van der Waals surface area contributed by atoms with Gasteiger partial charge >= 0.3 is 0 Å². The maximum atomic E-state index is 5.81. The minimum absolute atomic E-state index is 0.0133. The molecule has 1 fully saturated rings. The van der Waals surface area contributed by atoms with E-state index in [0.717, 1.165) is 26.2 Å². The van der Waals surface area contributed by atoms with Crippen molar-refractivity contribution in [2.45, 2.75) is 39.3 Å². The number of morpholine rings is 1. The molecule has 1 saturated heterocycles. The standard InChI is InChI=1S/C11H24N2O/c1-9(2)10(7-12)13-5-6-14-11(3,4)8-13/h9-10H,5-8,12H2,1-4H3. The molecule has 0 spiro atoms. The SMILES string of the molecule is CC(C)C(CN)N1CCOC(C)(C)C1. The Morgan fingerprint density at radius 1 is 1.43 bits per heavy atom. The molecule has 3 heteroatoms. The van der Waals surface area contributed by atoms with Crippen molar-refractivity contribution in [3.05, 3.63) is 0 Å². The molecule has 0 aromatic heterocycles. The molecular formula is C11H24N2O.